The molecule has 0 aliphatic heterocycles. The molecule has 0 atom stereocenters. The van der Waals surface area contributed by atoms with Gasteiger partial charge in [-0.25, -0.2) is 5.10 Å². The number of hydrogen-bond donors (Lipinski definition) is 1. The lowest BCUT2D eigenvalue weighted by atomic mass is 10.1. The third-order valence-corrected chi connectivity index (χ3v) is 3.46. The summed E-state index contributed by atoms with van der Waals surface area (Å²) in [5.41, 5.74) is 3.71. The van der Waals surface area contributed by atoms with Crippen LogP contribution in [0.25, 0.3) is 16.6 Å². The third kappa shape index (κ3) is 1.85. The molecular weight excluding hydrogens is 262 g/mol. The van der Waals surface area contributed by atoms with Gasteiger partial charge in [0.15, 0.2) is 5.15 Å². The minimum absolute atomic E-state index is 0.233. The molecule has 0 saturated carbocycles. The summed E-state index contributed by atoms with van der Waals surface area (Å²) in [6, 6.07) is 7.89. The molecule has 2 aromatic heterocycles. The first kappa shape index (κ1) is 12.0. The first-order chi connectivity index (χ1) is 9.08. The van der Waals surface area contributed by atoms with Crippen LogP contribution in [0.3, 0.4) is 0 Å². The molecule has 0 amide bonds. The van der Waals surface area contributed by atoms with Crippen LogP contribution in [0.5, 0.6) is 0 Å². The molecule has 4 nitrogen and oxygen atoms in total. The summed E-state index contributed by atoms with van der Waals surface area (Å²) >= 11 is 6.11. The van der Waals surface area contributed by atoms with Crippen molar-refractivity contribution in [3.8, 4) is 5.69 Å². The minimum Gasteiger partial charge on any atom is -0.313 e. The second-order valence-electron chi connectivity index (χ2n) is 4.58. The average molecular weight is 274 g/mol. The van der Waals surface area contributed by atoms with E-state index in [1.54, 1.807) is 6.07 Å². The Kier molecular flexibility index (Phi) is 2.68. The van der Waals surface area contributed by atoms with E-state index < -0.39 is 0 Å². The van der Waals surface area contributed by atoms with E-state index in [-0.39, 0.29) is 5.56 Å². The Morgan fingerprint density at radius 3 is 2.79 bits per heavy atom. The van der Waals surface area contributed by atoms with Gasteiger partial charge in [0.05, 0.1) is 10.9 Å². The van der Waals surface area contributed by atoms with E-state index in [4.69, 9.17) is 11.6 Å². The van der Waals surface area contributed by atoms with Gasteiger partial charge in [0.2, 0.25) is 0 Å². The van der Waals surface area contributed by atoms with Gasteiger partial charge in [-0.2, -0.15) is 5.10 Å². The summed E-state index contributed by atoms with van der Waals surface area (Å²) in [5, 5.41) is 7.03. The molecule has 0 spiro atoms. The topological polar surface area (TPSA) is 50.7 Å². The smallest absolute Gasteiger partial charge is 0.273 e. The van der Waals surface area contributed by atoms with E-state index in [0.29, 0.717) is 16.1 Å². The maximum absolute atomic E-state index is 11.7. The molecular formula is C14H12ClN3O. The molecule has 0 aliphatic carbocycles. The van der Waals surface area contributed by atoms with E-state index in [2.05, 4.69) is 16.3 Å². The van der Waals surface area contributed by atoms with Crippen LogP contribution in [0.1, 0.15) is 11.1 Å². The lowest BCUT2D eigenvalue weighted by Crippen LogP contribution is -2.08. The fourth-order valence-electron chi connectivity index (χ4n) is 2.32. The summed E-state index contributed by atoms with van der Waals surface area (Å²) in [4.78, 5) is 11.7. The number of benzene rings is 1. The van der Waals surface area contributed by atoms with Crippen LogP contribution in [0.2, 0.25) is 5.15 Å². The van der Waals surface area contributed by atoms with Crippen LogP contribution in [0.4, 0.5) is 0 Å². The predicted molar refractivity (Wildman–Crippen MR) is 76.2 cm³/mol. The summed E-state index contributed by atoms with van der Waals surface area (Å²) in [5.74, 6) is 0. The molecule has 1 aromatic carbocycles. The highest BCUT2D eigenvalue weighted by Gasteiger charge is 2.12. The standard InChI is InChI=1S/C14H12ClN3O/c1-8-3-4-11(9(2)7-8)18-6-5-10-12(18)13(15)16-17-14(10)19/h3-7H,1-2H3,(H,17,19). The van der Waals surface area contributed by atoms with Gasteiger partial charge < -0.3 is 4.57 Å². The van der Waals surface area contributed by atoms with Gasteiger partial charge in [0, 0.05) is 11.9 Å². The second kappa shape index (κ2) is 4.24. The van der Waals surface area contributed by atoms with E-state index in [0.717, 1.165) is 11.3 Å². The number of hydrogen-bond acceptors (Lipinski definition) is 2. The van der Waals surface area contributed by atoms with Crippen LogP contribution >= 0.6 is 11.6 Å². The number of aromatic nitrogens is 3. The largest absolute Gasteiger partial charge is 0.313 e. The molecule has 0 radical (unpaired) electrons. The van der Waals surface area contributed by atoms with Crippen molar-refractivity contribution in [2.75, 3.05) is 0 Å². The van der Waals surface area contributed by atoms with E-state index in [1.165, 1.54) is 5.56 Å². The second-order valence-corrected chi connectivity index (χ2v) is 4.94. The number of fused-ring (bicyclic) bond motifs is 1. The molecule has 96 valence electrons. The van der Waals surface area contributed by atoms with Crippen molar-refractivity contribution in [2.45, 2.75) is 13.8 Å². The lowest BCUT2D eigenvalue weighted by molar-refractivity contribution is 0.997. The predicted octanol–water partition coefficient (Wildman–Crippen LogP) is 2.98. The lowest BCUT2D eigenvalue weighted by Gasteiger charge is -2.10. The highest BCUT2D eigenvalue weighted by Crippen LogP contribution is 2.25. The van der Waals surface area contributed by atoms with Crippen molar-refractivity contribution >= 4 is 22.5 Å². The summed E-state index contributed by atoms with van der Waals surface area (Å²) < 4.78 is 1.90. The normalized spacial score (nSPS) is 11.1. The number of rotatable bonds is 1. The van der Waals surface area contributed by atoms with Gasteiger partial charge >= 0.3 is 0 Å². The Bertz CT molecular complexity index is 832. The Morgan fingerprint density at radius 2 is 2.05 bits per heavy atom. The molecule has 0 saturated heterocycles. The molecule has 3 aromatic rings. The fourth-order valence-corrected chi connectivity index (χ4v) is 2.55. The Hall–Kier alpha value is -2.07. The van der Waals surface area contributed by atoms with Gasteiger partial charge in [-0.3, -0.25) is 4.79 Å². The number of H-pyrrole nitrogens is 1. The fraction of sp³-hybridized carbons (Fsp3) is 0.143. The van der Waals surface area contributed by atoms with E-state index in [9.17, 15) is 4.79 Å². The molecule has 5 heteroatoms. The van der Waals surface area contributed by atoms with Crippen molar-refractivity contribution in [1.82, 2.24) is 14.8 Å². The van der Waals surface area contributed by atoms with Crippen molar-refractivity contribution in [3.63, 3.8) is 0 Å². The quantitative estimate of drug-likeness (QED) is 0.741. The van der Waals surface area contributed by atoms with Crippen LogP contribution in [-0.2, 0) is 0 Å². The van der Waals surface area contributed by atoms with Gasteiger partial charge in [0.25, 0.3) is 5.56 Å². The number of halogens is 1. The number of nitrogens with zero attached hydrogens (tertiary/aromatic N) is 2. The maximum atomic E-state index is 11.7. The SMILES string of the molecule is Cc1ccc(-n2ccc3c(=O)[nH]nc(Cl)c32)c(C)c1. The monoisotopic (exact) mass is 273 g/mol. The minimum atomic E-state index is -0.233. The zero-order valence-corrected chi connectivity index (χ0v) is 11.3. The van der Waals surface area contributed by atoms with Gasteiger partial charge in [-0.15, -0.1) is 0 Å². The molecule has 1 N–H and O–H groups in total. The molecule has 0 fully saturated rings. The Morgan fingerprint density at radius 1 is 1.26 bits per heavy atom. The van der Waals surface area contributed by atoms with Crippen LogP contribution in [0.15, 0.2) is 35.3 Å². The molecule has 0 unspecified atom stereocenters. The Balaban J connectivity index is 2.38. The van der Waals surface area contributed by atoms with Crippen LogP contribution in [-0.4, -0.2) is 14.8 Å². The molecule has 0 bridgehead atoms. The Labute approximate surface area is 114 Å². The highest BCUT2D eigenvalue weighted by molar-refractivity contribution is 6.33. The molecule has 0 aliphatic rings. The zero-order chi connectivity index (χ0) is 13.6. The van der Waals surface area contributed by atoms with Crippen molar-refractivity contribution < 1.29 is 0 Å². The summed E-state index contributed by atoms with van der Waals surface area (Å²) in [7, 11) is 0. The third-order valence-electron chi connectivity index (χ3n) is 3.19. The average Bonchev–Trinajstić information content (AvgIpc) is 2.80. The van der Waals surface area contributed by atoms with Crippen molar-refractivity contribution in [2.24, 2.45) is 0 Å². The zero-order valence-electron chi connectivity index (χ0n) is 10.6. The van der Waals surface area contributed by atoms with Crippen LogP contribution < -0.4 is 5.56 Å². The van der Waals surface area contributed by atoms with Crippen molar-refractivity contribution in [1.29, 1.82) is 0 Å². The van der Waals surface area contributed by atoms with Crippen LogP contribution in [0, 0.1) is 13.8 Å². The van der Waals surface area contributed by atoms with Gasteiger partial charge in [-0.1, -0.05) is 29.3 Å². The summed E-state index contributed by atoms with van der Waals surface area (Å²) in [6.07, 6.45) is 1.84. The summed E-state index contributed by atoms with van der Waals surface area (Å²) in [6.45, 7) is 4.08. The first-order valence-corrected chi connectivity index (χ1v) is 6.28. The maximum Gasteiger partial charge on any atom is 0.273 e. The number of aromatic amines is 1. The first-order valence-electron chi connectivity index (χ1n) is 5.91. The van der Waals surface area contributed by atoms with Gasteiger partial charge in [-0.05, 0) is 31.5 Å². The molecule has 3 rings (SSSR count). The number of aryl methyl sites for hydroxylation is 2. The number of nitrogens with one attached hydrogen (secondary N) is 1. The van der Waals surface area contributed by atoms with E-state index in [1.807, 2.05) is 36.7 Å². The molecule has 2 heterocycles. The van der Waals surface area contributed by atoms with E-state index >= 15 is 0 Å². The molecule has 19 heavy (non-hydrogen) atoms. The van der Waals surface area contributed by atoms with Gasteiger partial charge in [0.1, 0.15) is 0 Å². The van der Waals surface area contributed by atoms with Crippen molar-refractivity contribution in [3.05, 3.63) is 57.1 Å². The highest BCUT2D eigenvalue weighted by atomic mass is 35.5.